The standard InChI is InChI=1S/C19H29NO4/c1-2-18(22)24-14-12-10-8-6-4-3-5-7-9-11-13-16-15-17(21)20-19(16)23/h2,13H,1,3-12,14-15H2,(H,20,21,23). The largest absolute Gasteiger partial charge is 0.463 e. The molecule has 2 amide bonds. The summed E-state index contributed by atoms with van der Waals surface area (Å²) >= 11 is 0. The Balaban J connectivity index is 1.83. The fourth-order valence-corrected chi connectivity index (χ4v) is 2.66. The molecule has 5 heteroatoms. The summed E-state index contributed by atoms with van der Waals surface area (Å²) in [7, 11) is 0. The number of nitrogens with one attached hydrogen (secondary N) is 1. The van der Waals surface area contributed by atoms with Crippen LogP contribution in [0.2, 0.25) is 0 Å². The van der Waals surface area contributed by atoms with Gasteiger partial charge in [-0.3, -0.25) is 14.9 Å². The number of carbonyl (C=O) groups is 3. The van der Waals surface area contributed by atoms with E-state index >= 15 is 0 Å². The van der Waals surface area contributed by atoms with Crippen molar-refractivity contribution in [1.29, 1.82) is 0 Å². The molecule has 0 aromatic carbocycles. The second-order valence-electron chi connectivity index (χ2n) is 6.13. The van der Waals surface area contributed by atoms with E-state index in [2.05, 4.69) is 11.9 Å². The molecule has 0 saturated carbocycles. The van der Waals surface area contributed by atoms with E-state index in [0.717, 1.165) is 32.1 Å². The SMILES string of the molecule is C=CC(=O)OCCCCCCCCCCCC=C1CC(=O)NC1=O. The van der Waals surface area contributed by atoms with Crippen molar-refractivity contribution in [2.24, 2.45) is 0 Å². The number of hydrogen-bond donors (Lipinski definition) is 1. The minimum absolute atomic E-state index is 0.190. The number of imide groups is 1. The Morgan fingerprint density at radius 3 is 2.12 bits per heavy atom. The van der Waals surface area contributed by atoms with E-state index in [0.29, 0.717) is 12.2 Å². The van der Waals surface area contributed by atoms with Gasteiger partial charge < -0.3 is 4.74 Å². The number of amides is 2. The molecule has 1 aliphatic heterocycles. The van der Waals surface area contributed by atoms with E-state index in [1.54, 1.807) is 0 Å². The van der Waals surface area contributed by atoms with E-state index in [-0.39, 0.29) is 24.2 Å². The third kappa shape index (κ3) is 9.28. The molecule has 0 spiro atoms. The first-order valence-corrected chi connectivity index (χ1v) is 8.96. The summed E-state index contributed by atoms with van der Waals surface area (Å²) in [4.78, 5) is 33.2. The second-order valence-corrected chi connectivity index (χ2v) is 6.13. The molecule has 5 nitrogen and oxygen atoms in total. The highest BCUT2D eigenvalue weighted by atomic mass is 16.5. The maximum atomic E-state index is 11.3. The van der Waals surface area contributed by atoms with Crippen LogP contribution in [0.5, 0.6) is 0 Å². The number of allylic oxidation sites excluding steroid dienone is 1. The number of unbranched alkanes of at least 4 members (excludes halogenated alkanes) is 9. The van der Waals surface area contributed by atoms with Gasteiger partial charge >= 0.3 is 5.97 Å². The summed E-state index contributed by atoms with van der Waals surface area (Å²) in [5.41, 5.74) is 0.624. The third-order valence-electron chi connectivity index (χ3n) is 4.05. The molecule has 1 fully saturated rings. The number of hydrogen-bond acceptors (Lipinski definition) is 4. The number of rotatable bonds is 13. The topological polar surface area (TPSA) is 72.5 Å². The highest BCUT2D eigenvalue weighted by Crippen LogP contribution is 2.14. The molecule has 0 bridgehead atoms. The van der Waals surface area contributed by atoms with E-state index in [1.165, 1.54) is 38.2 Å². The van der Waals surface area contributed by atoms with E-state index in [4.69, 9.17) is 4.74 Å². The van der Waals surface area contributed by atoms with Gasteiger partial charge in [0, 0.05) is 11.6 Å². The Labute approximate surface area is 144 Å². The molecule has 0 radical (unpaired) electrons. The van der Waals surface area contributed by atoms with Crippen LogP contribution in [-0.2, 0) is 19.1 Å². The molecular weight excluding hydrogens is 306 g/mol. The first-order chi connectivity index (χ1) is 11.6. The highest BCUT2D eigenvalue weighted by molar-refractivity contribution is 6.13. The normalized spacial score (nSPS) is 15.6. The molecule has 0 aromatic heterocycles. The van der Waals surface area contributed by atoms with Gasteiger partial charge in [0.1, 0.15) is 0 Å². The lowest BCUT2D eigenvalue weighted by atomic mass is 10.1. The van der Waals surface area contributed by atoms with Crippen molar-refractivity contribution >= 4 is 17.8 Å². The van der Waals surface area contributed by atoms with Crippen molar-refractivity contribution in [3.8, 4) is 0 Å². The Bertz CT molecular complexity index is 468. The van der Waals surface area contributed by atoms with Gasteiger partial charge in [-0.15, -0.1) is 0 Å². The third-order valence-corrected chi connectivity index (χ3v) is 4.05. The molecular formula is C19H29NO4. The van der Waals surface area contributed by atoms with Gasteiger partial charge in [-0.05, 0) is 19.3 Å². The minimum Gasteiger partial charge on any atom is -0.463 e. The van der Waals surface area contributed by atoms with Crippen LogP contribution >= 0.6 is 0 Å². The maximum absolute atomic E-state index is 11.3. The van der Waals surface area contributed by atoms with Gasteiger partial charge in [-0.2, -0.15) is 0 Å². The van der Waals surface area contributed by atoms with Gasteiger partial charge in [0.2, 0.25) is 5.91 Å². The summed E-state index contributed by atoms with van der Waals surface area (Å²) in [5, 5.41) is 2.29. The maximum Gasteiger partial charge on any atom is 0.330 e. The first kappa shape index (κ1) is 20.1. The lowest BCUT2D eigenvalue weighted by molar-refractivity contribution is -0.137. The smallest absolute Gasteiger partial charge is 0.330 e. The lowest BCUT2D eigenvalue weighted by Crippen LogP contribution is -2.19. The Kier molecular flexibility index (Phi) is 10.5. The monoisotopic (exact) mass is 335 g/mol. The zero-order chi connectivity index (χ0) is 17.6. The van der Waals surface area contributed by atoms with E-state index < -0.39 is 0 Å². The van der Waals surface area contributed by atoms with Crippen molar-refractivity contribution in [1.82, 2.24) is 5.32 Å². The molecule has 0 atom stereocenters. The molecule has 0 aliphatic carbocycles. The fraction of sp³-hybridized carbons (Fsp3) is 0.632. The summed E-state index contributed by atoms with van der Waals surface area (Å²) in [5.74, 6) is -0.754. The van der Waals surface area contributed by atoms with Crippen molar-refractivity contribution < 1.29 is 19.1 Å². The quantitative estimate of drug-likeness (QED) is 0.242. The van der Waals surface area contributed by atoms with E-state index in [9.17, 15) is 14.4 Å². The number of ether oxygens (including phenoxy) is 1. The Morgan fingerprint density at radius 1 is 1.00 bits per heavy atom. The van der Waals surface area contributed by atoms with Crippen LogP contribution in [0.1, 0.15) is 70.6 Å². The average molecular weight is 335 g/mol. The van der Waals surface area contributed by atoms with Crippen LogP contribution in [0.3, 0.4) is 0 Å². The van der Waals surface area contributed by atoms with Crippen LogP contribution in [0, 0.1) is 0 Å². The summed E-state index contributed by atoms with van der Waals surface area (Å²) in [6, 6.07) is 0. The van der Waals surface area contributed by atoms with Crippen molar-refractivity contribution in [3.63, 3.8) is 0 Å². The predicted molar refractivity (Wildman–Crippen MR) is 93.2 cm³/mol. The van der Waals surface area contributed by atoms with Crippen molar-refractivity contribution in [2.75, 3.05) is 6.61 Å². The van der Waals surface area contributed by atoms with Crippen LogP contribution in [0.25, 0.3) is 0 Å². The first-order valence-electron chi connectivity index (χ1n) is 8.96. The molecule has 1 saturated heterocycles. The lowest BCUT2D eigenvalue weighted by Gasteiger charge is -2.03. The number of esters is 1. The molecule has 1 heterocycles. The Hall–Kier alpha value is -1.91. The molecule has 0 unspecified atom stereocenters. The second kappa shape index (κ2) is 12.5. The highest BCUT2D eigenvalue weighted by Gasteiger charge is 2.22. The van der Waals surface area contributed by atoms with Crippen LogP contribution < -0.4 is 5.32 Å². The predicted octanol–water partition coefficient (Wildman–Crippen LogP) is 3.59. The van der Waals surface area contributed by atoms with Gasteiger partial charge in [-0.1, -0.05) is 57.6 Å². The van der Waals surface area contributed by atoms with Crippen molar-refractivity contribution in [3.05, 3.63) is 24.3 Å². The van der Waals surface area contributed by atoms with Gasteiger partial charge in [-0.25, -0.2) is 4.79 Å². The molecule has 24 heavy (non-hydrogen) atoms. The Morgan fingerprint density at radius 2 is 1.58 bits per heavy atom. The number of carbonyl (C=O) groups excluding carboxylic acids is 3. The van der Waals surface area contributed by atoms with Crippen LogP contribution in [0.4, 0.5) is 0 Å². The summed E-state index contributed by atoms with van der Waals surface area (Å²) in [6.07, 6.45) is 14.6. The summed E-state index contributed by atoms with van der Waals surface area (Å²) in [6.45, 7) is 3.84. The van der Waals surface area contributed by atoms with E-state index in [1.807, 2.05) is 6.08 Å². The molecule has 1 rings (SSSR count). The van der Waals surface area contributed by atoms with Crippen LogP contribution in [-0.4, -0.2) is 24.4 Å². The van der Waals surface area contributed by atoms with Gasteiger partial charge in [0.25, 0.3) is 5.91 Å². The fourth-order valence-electron chi connectivity index (χ4n) is 2.66. The van der Waals surface area contributed by atoms with Gasteiger partial charge in [0.05, 0.1) is 13.0 Å². The summed E-state index contributed by atoms with van der Waals surface area (Å²) < 4.78 is 4.92. The molecule has 1 N–H and O–H groups in total. The minimum atomic E-state index is -0.342. The average Bonchev–Trinajstić information content (AvgIpc) is 2.89. The zero-order valence-corrected chi connectivity index (χ0v) is 14.5. The zero-order valence-electron chi connectivity index (χ0n) is 14.5. The molecule has 0 aromatic rings. The van der Waals surface area contributed by atoms with Gasteiger partial charge in [0.15, 0.2) is 0 Å². The molecule has 134 valence electrons. The van der Waals surface area contributed by atoms with Crippen molar-refractivity contribution in [2.45, 2.75) is 70.6 Å². The van der Waals surface area contributed by atoms with Crippen LogP contribution in [0.15, 0.2) is 24.3 Å². The molecule has 1 aliphatic rings.